The van der Waals surface area contributed by atoms with Crippen molar-refractivity contribution in [2.24, 2.45) is 29.2 Å². The highest BCUT2D eigenvalue weighted by Crippen LogP contribution is 2.54. The lowest BCUT2D eigenvalue weighted by Gasteiger charge is -2.55. The zero-order valence-corrected chi connectivity index (χ0v) is 15.7. The second-order valence-corrected chi connectivity index (χ2v) is 8.92. The first-order valence-electron chi connectivity index (χ1n) is 9.90. The number of amides is 1. The summed E-state index contributed by atoms with van der Waals surface area (Å²) in [7, 11) is 0. The summed E-state index contributed by atoms with van der Waals surface area (Å²) in [6, 6.07) is 0. The maximum atomic E-state index is 10.8. The topological polar surface area (TPSA) is 170 Å². The van der Waals surface area contributed by atoms with Crippen LogP contribution in [0.4, 0.5) is 0 Å². The lowest BCUT2D eigenvalue weighted by molar-refractivity contribution is -0.0588. The van der Waals surface area contributed by atoms with Crippen molar-refractivity contribution in [3.63, 3.8) is 0 Å². The van der Waals surface area contributed by atoms with Crippen LogP contribution >= 0.6 is 0 Å². The molecule has 156 valence electrons. The molecule has 1 aliphatic heterocycles. The standard InChI is InChI=1S/C10H17N.C8H12N4O5/c11-10-4-7-1-8(5-10)3-9(2-7)6-10;9-6(16)7-10-2-12(11-7)8-5(15)4(14)3(1-13)17-8/h7-9H,1-6,11H2;2-5,8,13-15H,1H2,(H2,9,16)/t;3-,4-,5-,8-/m.1/s1. The lowest BCUT2D eigenvalue weighted by Crippen LogP contribution is -2.55. The fourth-order valence-corrected chi connectivity index (χ4v) is 5.79. The van der Waals surface area contributed by atoms with Crippen LogP contribution in [-0.2, 0) is 4.74 Å². The van der Waals surface area contributed by atoms with Crippen LogP contribution in [0.1, 0.15) is 55.4 Å². The third kappa shape index (κ3) is 3.67. The number of carbonyl (C=O) groups is 1. The van der Waals surface area contributed by atoms with Crippen LogP contribution < -0.4 is 11.5 Å². The van der Waals surface area contributed by atoms with E-state index in [0.717, 1.165) is 28.8 Å². The molecule has 1 aromatic heterocycles. The van der Waals surface area contributed by atoms with Crippen LogP contribution in [0.15, 0.2) is 6.33 Å². The van der Waals surface area contributed by atoms with Gasteiger partial charge in [0.15, 0.2) is 6.23 Å². The summed E-state index contributed by atoms with van der Waals surface area (Å²) < 4.78 is 6.25. The quantitative estimate of drug-likeness (QED) is 0.429. The summed E-state index contributed by atoms with van der Waals surface area (Å²) in [4.78, 5) is 14.4. The van der Waals surface area contributed by atoms with Crippen LogP contribution in [0, 0.1) is 17.8 Å². The molecular weight excluding hydrogens is 366 g/mol. The minimum Gasteiger partial charge on any atom is -0.394 e. The first-order chi connectivity index (χ1) is 13.3. The summed E-state index contributed by atoms with van der Waals surface area (Å²) >= 11 is 0. The van der Waals surface area contributed by atoms with Crippen LogP contribution in [0.2, 0.25) is 0 Å². The number of aliphatic hydroxyl groups excluding tert-OH is 3. The number of rotatable bonds is 3. The fourth-order valence-electron chi connectivity index (χ4n) is 5.79. The van der Waals surface area contributed by atoms with Crippen molar-refractivity contribution in [1.82, 2.24) is 14.8 Å². The third-order valence-electron chi connectivity index (χ3n) is 6.59. The van der Waals surface area contributed by atoms with E-state index in [9.17, 15) is 15.0 Å². The Labute approximate surface area is 162 Å². The van der Waals surface area contributed by atoms with Gasteiger partial charge in [-0.05, 0) is 56.3 Å². The molecule has 7 N–H and O–H groups in total. The van der Waals surface area contributed by atoms with E-state index >= 15 is 0 Å². The normalized spacial score (nSPS) is 43.6. The number of primary amides is 1. The summed E-state index contributed by atoms with van der Waals surface area (Å²) in [5.74, 6) is 2.03. The molecule has 10 heteroatoms. The van der Waals surface area contributed by atoms with Gasteiger partial charge >= 0.3 is 0 Å². The Balaban J connectivity index is 0.000000149. The van der Waals surface area contributed by atoms with Gasteiger partial charge in [-0.15, -0.1) is 5.10 Å². The van der Waals surface area contributed by atoms with E-state index in [1.165, 1.54) is 38.5 Å². The first-order valence-corrected chi connectivity index (χ1v) is 9.90. The number of aliphatic hydroxyl groups is 3. The number of carbonyl (C=O) groups excluding carboxylic acids is 1. The van der Waals surface area contributed by atoms with E-state index in [1.807, 2.05) is 0 Å². The molecular formula is C18H29N5O5. The monoisotopic (exact) mass is 395 g/mol. The predicted molar refractivity (Wildman–Crippen MR) is 96.6 cm³/mol. The van der Waals surface area contributed by atoms with Crippen molar-refractivity contribution in [2.45, 2.75) is 68.6 Å². The fraction of sp³-hybridized carbons (Fsp3) is 0.833. The van der Waals surface area contributed by atoms with Gasteiger partial charge in [-0.25, -0.2) is 9.67 Å². The molecule has 4 aliphatic carbocycles. The number of nitrogens with two attached hydrogens (primary N) is 2. The van der Waals surface area contributed by atoms with Gasteiger partial charge in [0.2, 0.25) is 5.82 Å². The maximum Gasteiger partial charge on any atom is 0.288 e. The van der Waals surface area contributed by atoms with Crippen molar-refractivity contribution in [2.75, 3.05) is 6.61 Å². The molecule has 4 saturated carbocycles. The van der Waals surface area contributed by atoms with Crippen LogP contribution in [-0.4, -0.2) is 66.4 Å². The van der Waals surface area contributed by atoms with Gasteiger partial charge in [-0.2, -0.15) is 0 Å². The van der Waals surface area contributed by atoms with Gasteiger partial charge < -0.3 is 31.5 Å². The van der Waals surface area contributed by atoms with Crippen molar-refractivity contribution < 1.29 is 24.9 Å². The Morgan fingerprint density at radius 2 is 1.75 bits per heavy atom. The number of aromatic nitrogens is 3. The first kappa shape index (κ1) is 19.7. The number of nitrogens with zero attached hydrogens (tertiary/aromatic N) is 3. The highest BCUT2D eigenvalue weighted by Gasteiger charge is 2.48. The Bertz CT molecular complexity index is 690. The summed E-state index contributed by atoms with van der Waals surface area (Å²) in [6.45, 7) is -0.438. The van der Waals surface area contributed by atoms with E-state index in [2.05, 4.69) is 10.1 Å². The van der Waals surface area contributed by atoms with Crippen molar-refractivity contribution in [1.29, 1.82) is 0 Å². The Kier molecular flexibility index (Phi) is 5.17. The van der Waals surface area contributed by atoms with Crippen LogP contribution in [0.5, 0.6) is 0 Å². The molecule has 0 spiro atoms. The average molecular weight is 395 g/mol. The average Bonchev–Trinajstić information content (AvgIpc) is 3.20. The molecule has 4 atom stereocenters. The van der Waals surface area contributed by atoms with Gasteiger partial charge in [0.25, 0.3) is 5.91 Å². The molecule has 28 heavy (non-hydrogen) atoms. The molecule has 4 bridgehead atoms. The molecule has 0 aromatic carbocycles. The minimum absolute atomic E-state index is 0.220. The number of hydrogen-bond acceptors (Lipinski definition) is 8. The van der Waals surface area contributed by atoms with Crippen molar-refractivity contribution in [3.8, 4) is 0 Å². The van der Waals surface area contributed by atoms with Crippen LogP contribution in [0.3, 0.4) is 0 Å². The maximum absolute atomic E-state index is 10.8. The molecule has 1 saturated heterocycles. The number of ether oxygens (including phenoxy) is 1. The Hall–Kier alpha value is -1.59. The van der Waals surface area contributed by atoms with E-state index < -0.39 is 37.1 Å². The summed E-state index contributed by atoms with van der Waals surface area (Å²) in [5.41, 5.74) is 11.6. The highest BCUT2D eigenvalue weighted by molar-refractivity contribution is 5.88. The summed E-state index contributed by atoms with van der Waals surface area (Å²) in [6.07, 6.45) is 5.31. The van der Waals surface area contributed by atoms with Gasteiger partial charge in [0.05, 0.1) is 6.61 Å². The molecule has 0 radical (unpaired) electrons. The smallest absolute Gasteiger partial charge is 0.288 e. The van der Waals surface area contributed by atoms with E-state index in [-0.39, 0.29) is 5.82 Å². The third-order valence-corrected chi connectivity index (χ3v) is 6.59. The minimum atomic E-state index is -1.27. The second kappa shape index (κ2) is 7.34. The zero-order chi connectivity index (χ0) is 20.1. The Morgan fingerprint density at radius 3 is 2.14 bits per heavy atom. The molecule has 1 amide bonds. The molecule has 6 rings (SSSR count). The Morgan fingerprint density at radius 1 is 1.18 bits per heavy atom. The predicted octanol–water partition coefficient (Wildman–Crippen LogP) is -1.10. The lowest BCUT2D eigenvalue weighted by atomic mass is 9.53. The molecule has 1 aromatic rings. The molecule has 2 heterocycles. The second-order valence-electron chi connectivity index (χ2n) is 8.92. The summed E-state index contributed by atoms with van der Waals surface area (Å²) in [5, 5.41) is 31.8. The van der Waals surface area contributed by atoms with Crippen molar-refractivity contribution >= 4 is 5.91 Å². The van der Waals surface area contributed by atoms with Gasteiger partial charge in [0, 0.05) is 5.54 Å². The van der Waals surface area contributed by atoms with E-state index in [0.29, 0.717) is 5.54 Å². The highest BCUT2D eigenvalue weighted by atomic mass is 16.6. The van der Waals surface area contributed by atoms with E-state index in [4.69, 9.17) is 21.3 Å². The van der Waals surface area contributed by atoms with E-state index in [1.54, 1.807) is 0 Å². The number of hydrogen-bond donors (Lipinski definition) is 5. The molecule has 5 aliphatic rings. The molecule has 0 unspecified atom stereocenters. The molecule has 5 fully saturated rings. The van der Waals surface area contributed by atoms with Gasteiger partial charge in [-0.3, -0.25) is 4.79 Å². The van der Waals surface area contributed by atoms with Crippen molar-refractivity contribution in [3.05, 3.63) is 12.2 Å². The zero-order valence-electron chi connectivity index (χ0n) is 15.7. The molecule has 10 nitrogen and oxygen atoms in total. The van der Waals surface area contributed by atoms with Crippen LogP contribution in [0.25, 0.3) is 0 Å². The van der Waals surface area contributed by atoms with Gasteiger partial charge in [0.1, 0.15) is 24.6 Å². The SMILES string of the molecule is NC(=O)c1ncn([C@@H]2O[C@H](CO)[C@@H](O)[C@H]2O)n1.NC12CC3CC(CC(C3)C1)C2. The van der Waals surface area contributed by atoms with Gasteiger partial charge in [-0.1, -0.05) is 0 Å². The largest absolute Gasteiger partial charge is 0.394 e.